The van der Waals surface area contributed by atoms with Crippen molar-refractivity contribution in [3.8, 4) is 0 Å². The summed E-state index contributed by atoms with van der Waals surface area (Å²) in [5.74, 6) is -1.78. The molecule has 0 unspecified atom stereocenters. The fourth-order valence-corrected chi connectivity index (χ4v) is 2.62. The van der Waals surface area contributed by atoms with Gasteiger partial charge in [0.1, 0.15) is 12.7 Å². The van der Waals surface area contributed by atoms with Gasteiger partial charge in [0.2, 0.25) is 12.1 Å². The summed E-state index contributed by atoms with van der Waals surface area (Å²) in [6, 6.07) is 16.7. The molecule has 0 radical (unpaired) electrons. The van der Waals surface area contributed by atoms with Gasteiger partial charge in [0.15, 0.2) is 6.10 Å². The van der Waals surface area contributed by atoms with Gasteiger partial charge in [-0.05, 0) is 24.3 Å². The number of methoxy groups -OCH3 is 1. The molecule has 0 bridgehead atoms. The van der Waals surface area contributed by atoms with Gasteiger partial charge in [0, 0.05) is 7.11 Å². The Morgan fingerprint density at radius 1 is 0.926 bits per heavy atom. The zero-order valence-electron chi connectivity index (χ0n) is 14.6. The lowest BCUT2D eigenvalue weighted by molar-refractivity contribution is -0.152. The molecule has 0 aromatic heterocycles. The maximum absolute atomic E-state index is 12.4. The van der Waals surface area contributed by atoms with Gasteiger partial charge in [-0.25, -0.2) is 9.59 Å². The molecule has 1 saturated heterocycles. The van der Waals surface area contributed by atoms with Crippen LogP contribution < -0.4 is 0 Å². The van der Waals surface area contributed by atoms with Crippen molar-refractivity contribution >= 4 is 17.7 Å². The van der Waals surface area contributed by atoms with Crippen molar-refractivity contribution in [3.63, 3.8) is 0 Å². The molecule has 7 nitrogen and oxygen atoms in total. The van der Waals surface area contributed by atoms with Gasteiger partial charge in [-0.3, -0.25) is 4.79 Å². The third-order valence-electron chi connectivity index (χ3n) is 3.99. The largest absolute Gasteiger partial charge is 0.459 e. The molecule has 2 aromatic carbocycles. The molecule has 0 spiro atoms. The van der Waals surface area contributed by atoms with Crippen molar-refractivity contribution in [2.45, 2.75) is 18.5 Å². The van der Waals surface area contributed by atoms with Crippen LogP contribution in [0.3, 0.4) is 0 Å². The predicted molar refractivity (Wildman–Crippen MR) is 93.0 cm³/mol. The van der Waals surface area contributed by atoms with Crippen LogP contribution in [0.15, 0.2) is 60.7 Å². The molecule has 1 aliphatic rings. The topological polar surface area (TPSA) is 88.1 Å². The van der Waals surface area contributed by atoms with Crippen LogP contribution in [0.25, 0.3) is 0 Å². The molecule has 0 amide bonds. The predicted octanol–water partition coefficient (Wildman–Crippen LogP) is 2.01. The van der Waals surface area contributed by atoms with Gasteiger partial charge in [-0.15, -0.1) is 0 Å². The zero-order chi connectivity index (χ0) is 19.2. The first-order valence-corrected chi connectivity index (χ1v) is 8.30. The Bertz CT molecular complexity index is 804. The Morgan fingerprint density at radius 3 is 2.04 bits per heavy atom. The molecule has 2 aromatic rings. The standard InChI is InChI=1S/C20H18O7/c1-24-20-16(21)17(27-19(23)14-10-6-3-7-11-14)15(26-20)12-25-18(22)13-8-4-2-5-9-13/h2-11,15,17,20H,12H2,1H3/t15-,17+,20-/m1/s1. The molecule has 1 heterocycles. The molecular weight excluding hydrogens is 352 g/mol. The summed E-state index contributed by atoms with van der Waals surface area (Å²) in [6.45, 7) is -0.258. The Labute approximate surface area is 155 Å². The van der Waals surface area contributed by atoms with E-state index >= 15 is 0 Å². The summed E-state index contributed by atoms with van der Waals surface area (Å²) in [6.07, 6.45) is -3.37. The first-order chi connectivity index (χ1) is 13.1. The van der Waals surface area contributed by atoms with Crippen LogP contribution in [0.4, 0.5) is 0 Å². The number of ether oxygens (including phenoxy) is 4. The fraction of sp³-hybridized carbons (Fsp3) is 0.250. The van der Waals surface area contributed by atoms with Crippen LogP contribution in [-0.4, -0.2) is 49.9 Å². The second-order valence-electron chi connectivity index (χ2n) is 5.80. The number of esters is 2. The van der Waals surface area contributed by atoms with Gasteiger partial charge in [0.25, 0.3) is 0 Å². The summed E-state index contributed by atoms with van der Waals surface area (Å²) in [7, 11) is 1.30. The highest BCUT2D eigenvalue weighted by Gasteiger charge is 2.47. The first kappa shape index (κ1) is 18.8. The highest BCUT2D eigenvalue weighted by atomic mass is 16.7. The molecule has 1 fully saturated rings. The Balaban J connectivity index is 1.67. The number of benzene rings is 2. The lowest BCUT2D eigenvalue weighted by Crippen LogP contribution is -2.36. The minimum atomic E-state index is -1.23. The van der Waals surface area contributed by atoms with Crippen LogP contribution in [0, 0.1) is 0 Å². The lowest BCUT2D eigenvalue weighted by atomic mass is 10.1. The van der Waals surface area contributed by atoms with Crippen molar-refractivity contribution in [2.75, 3.05) is 13.7 Å². The first-order valence-electron chi connectivity index (χ1n) is 8.30. The average molecular weight is 370 g/mol. The van der Waals surface area contributed by atoms with Gasteiger partial charge >= 0.3 is 11.9 Å². The van der Waals surface area contributed by atoms with E-state index < -0.39 is 36.2 Å². The molecule has 0 N–H and O–H groups in total. The zero-order valence-corrected chi connectivity index (χ0v) is 14.6. The number of rotatable bonds is 6. The number of hydrogen-bond acceptors (Lipinski definition) is 7. The van der Waals surface area contributed by atoms with E-state index in [4.69, 9.17) is 18.9 Å². The van der Waals surface area contributed by atoms with E-state index in [2.05, 4.69) is 0 Å². The molecule has 1 aliphatic heterocycles. The molecular formula is C20H18O7. The summed E-state index contributed by atoms with van der Waals surface area (Å²) >= 11 is 0. The average Bonchev–Trinajstić information content (AvgIpc) is 3.02. The van der Waals surface area contributed by atoms with E-state index in [-0.39, 0.29) is 6.61 Å². The van der Waals surface area contributed by atoms with Crippen LogP contribution >= 0.6 is 0 Å². The monoisotopic (exact) mass is 370 g/mol. The quantitative estimate of drug-likeness (QED) is 0.719. The van der Waals surface area contributed by atoms with Gasteiger partial charge in [-0.2, -0.15) is 0 Å². The maximum Gasteiger partial charge on any atom is 0.338 e. The second-order valence-corrected chi connectivity index (χ2v) is 5.80. The third-order valence-corrected chi connectivity index (χ3v) is 3.99. The van der Waals surface area contributed by atoms with Crippen LogP contribution in [0.5, 0.6) is 0 Å². The third kappa shape index (κ3) is 4.39. The van der Waals surface area contributed by atoms with E-state index in [0.717, 1.165) is 0 Å². The summed E-state index contributed by atoms with van der Waals surface area (Å²) < 4.78 is 20.9. The molecule has 3 atom stereocenters. The van der Waals surface area contributed by atoms with E-state index in [0.29, 0.717) is 11.1 Å². The Morgan fingerprint density at radius 2 is 1.48 bits per heavy atom. The summed E-state index contributed by atoms with van der Waals surface area (Å²) in [4.78, 5) is 36.7. The van der Waals surface area contributed by atoms with Crippen molar-refractivity contribution in [3.05, 3.63) is 71.8 Å². The highest BCUT2D eigenvalue weighted by molar-refractivity contribution is 5.95. The van der Waals surface area contributed by atoms with Gasteiger partial charge in [-0.1, -0.05) is 36.4 Å². The molecule has 0 saturated carbocycles. The Hall–Kier alpha value is -3.03. The van der Waals surface area contributed by atoms with Crippen LogP contribution in [0.1, 0.15) is 20.7 Å². The SMILES string of the molecule is CO[C@@H]1O[C@H](COC(=O)c2ccccc2)[C@H](OC(=O)c2ccccc2)C1=O. The van der Waals surface area contributed by atoms with Crippen LogP contribution in [0.2, 0.25) is 0 Å². The number of carbonyl (C=O) groups excluding carboxylic acids is 3. The number of Topliss-reactive ketones (excluding diaryl/α,β-unsaturated/α-hetero) is 1. The molecule has 27 heavy (non-hydrogen) atoms. The highest BCUT2D eigenvalue weighted by Crippen LogP contribution is 2.22. The van der Waals surface area contributed by atoms with E-state index in [1.54, 1.807) is 60.7 Å². The maximum atomic E-state index is 12.4. The fourth-order valence-electron chi connectivity index (χ4n) is 2.62. The van der Waals surface area contributed by atoms with Crippen molar-refractivity contribution in [2.24, 2.45) is 0 Å². The summed E-state index contributed by atoms with van der Waals surface area (Å²) in [5.41, 5.74) is 0.661. The smallest absolute Gasteiger partial charge is 0.338 e. The molecule has 3 rings (SSSR count). The number of hydrogen-bond donors (Lipinski definition) is 0. The van der Waals surface area contributed by atoms with Crippen molar-refractivity contribution in [1.82, 2.24) is 0 Å². The van der Waals surface area contributed by atoms with Gasteiger partial charge < -0.3 is 18.9 Å². The van der Waals surface area contributed by atoms with Crippen LogP contribution in [-0.2, 0) is 23.7 Å². The van der Waals surface area contributed by atoms with E-state index in [9.17, 15) is 14.4 Å². The van der Waals surface area contributed by atoms with Crippen molar-refractivity contribution < 1.29 is 33.3 Å². The minimum absolute atomic E-state index is 0.258. The number of ketones is 1. The normalized spacial score (nSPS) is 21.7. The van der Waals surface area contributed by atoms with E-state index in [1.165, 1.54) is 7.11 Å². The van der Waals surface area contributed by atoms with E-state index in [1.807, 2.05) is 0 Å². The Kier molecular flexibility index (Phi) is 5.95. The molecule has 0 aliphatic carbocycles. The second kappa shape index (κ2) is 8.57. The molecule has 140 valence electrons. The summed E-state index contributed by atoms with van der Waals surface area (Å²) in [5, 5.41) is 0. The molecule has 7 heteroatoms. The lowest BCUT2D eigenvalue weighted by Gasteiger charge is -2.17. The number of carbonyl (C=O) groups is 3. The van der Waals surface area contributed by atoms with Crippen molar-refractivity contribution in [1.29, 1.82) is 0 Å². The minimum Gasteiger partial charge on any atom is -0.459 e. The van der Waals surface area contributed by atoms with Gasteiger partial charge in [0.05, 0.1) is 11.1 Å².